The summed E-state index contributed by atoms with van der Waals surface area (Å²) < 4.78 is 18.7. The van der Waals surface area contributed by atoms with E-state index in [-0.39, 0.29) is 17.8 Å². The van der Waals surface area contributed by atoms with Crippen molar-refractivity contribution in [1.29, 1.82) is 0 Å². The highest BCUT2D eigenvalue weighted by Crippen LogP contribution is 2.32. The molecule has 0 saturated carbocycles. The smallest absolute Gasteiger partial charge is 0.278 e. The van der Waals surface area contributed by atoms with E-state index < -0.39 is 17.6 Å². The molecule has 0 fully saturated rings. The molecule has 0 bridgehead atoms. The SMILES string of the molecule is CCc1ccc(NC2=C(c3ccc(F)cc3)C(=O)N(Cc3ccc(OC)cc3)C2=O)cc1. The van der Waals surface area contributed by atoms with Crippen LogP contribution in [0.2, 0.25) is 0 Å². The molecule has 5 nitrogen and oxygen atoms in total. The molecule has 2 amide bonds. The van der Waals surface area contributed by atoms with Crippen LogP contribution in [0.25, 0.3) is 5.57 Å². The van der Waals surface area contributed by atoms with Crippen LogP contribution in [0.3, 0.4) is 0 Å². The normalized spacial score (nSPS) is 13.7. The van der Waals surface area contributed by atoms with Crippen molar-refractivity contribution in [2.45, 2.75) is 19.9 Å². The number of nitrogens with one attached hydrogen (secondary N) is 1. The second-order valence-electron chi connectivity index (χ2n) is 7.48. The number of carbonyl (C=O) groups excluding carboxylic acids is 2. The molecule has 4 rings (SSSR count). The number of imide groups is 1. The van der Waals surface area contributed by atoms with Crippen LogP contribution >= 0.6 is 0 Å². The largest absolute Gasteiger partial charge is 0.497 e. The summed E-state index contributed by atoms with van der Waals surface area (Å²) in [6.07, 6.45) is 0.900. The number of rotatable bonds is 7. The van der Waals surface area contributed by atoms with Crippen LogP contribution in [0.1, 0.15) is 23.6 Å². The highest BCUT2D eigenvalue weighted by Gasteiger charge is 2.39. The maximum atomic E-state index is 13.5. The van der Waals surface area contributed by atoms with Gasteiger partial charge in [0.15, 0.2) is 0 Å². The third kappa shape index (κ3) is 4.25. The summed E-state index contributed by atoms with van der Waals surface area (Å²) >= 11 is 0. The van der Waals surface area contributed by atoms with Crippen molar-refractivity contribution in [3.63, 3.8) is 0 Å². The quantitative estimate of drug-likeness (QED) is 0.548. The molecule has 3 aromatic carbocycles. The number of carbonyl (C=O) groups is 2. The van der Waals surface area contributed by atoms with Crippen LogP contribution in [-0.4, -0.2) is 23.8 Å². The van der Waals surface area contributed by atoms with Crippen LogP contribution in [0, 0.1) is 5.82 Å². The third-order valence-electron chi connectivity index (χ3n) is 5.43. The second kappa shape index (κ2) is 9.06. The zero-order valence-corrected chi connectivity index (χ0v) is 17.9. The molecule has 6 heteroatoms. The Balaban J connectivity index is 1.69. The molecule has 32 heavy (non-hydrogen) atoms. The highest BCUT2D eigenvalue weighted by molar-refractivity contribution is 6.36. The molecule has 0 saturated heterocycles. The molecule has 0 spiro atoms. The summed E-state index contributed by atoms with van der Waals surface area (Å²) in [5, 5.41) is 3.12. The van der Waals surface area contributed by atoms with Gasteiger partial charge in [-0.2, -0.15) is 0 Å². The maximum absolute atomic E-state index is 13.5. The fourth-order valence-electron chi connectivity index (χ4n) is 3.60. The number of hydrogen-bond donors (Lipinski definition) is 1. The van der Waals surface area contributed by atoms with Crippen LogP contribution in [0.4, 0.5) is 10.1 Å². The van der Waals surface area contributed by atoms with E-state index in [9.17, 15) is 14.0 Å². The molecule has 0 radical (unpaired) electrons. The van der Waals surface area contributed by atoms with E-state index >= 15 is 0 Å². The third-order valence-corrected chi connectivity index (χ3v) is 5.43. The lowest BCUT2D eigenvalue weighted by Crippen LogP contribution is -2.32. The van der Waals surface area contributed by atoms with Gasteiger partial charge in [0.1, 0.15) is 17.3 Å². The Labute approximate surface area is 186 Å². The number of aryl methyl sites for hydroxylation is 1. The average molecular weight is 430 g/mol. The van der Waals surface area contributed by atoms with Gasteiger partial charge in [-0.1, -0.05) is 43.3 Å². The van der Waals surface area contributed by atoms with Crippen LogP contribution in [0.15, 0.2) is 78.5 Å². The van der Waals surface area contributed by atoms with E-state index in [1.165, 1.54) is 34.7 Å². The number of anilines is 1. The first-order valence-corrected chi connectivity index (χ1v) is 10.4. The van der Waals surface area contributed by atoms with Crippen molar-refractivity contribution in [3.8, 4) is 5.75 Å². The number of benzene rings is 3. The summed E-state index contributed by atoms with van der Waals surface area (Å²) in [6, 6.07) is 20.4. The minimum atomic E-state index is -0.426. The first-order valence-electron chi connectivity index (χ1n) is 10.4. The standard InChI is InChI=1S/C26H23FN2O3/c1-3-17-4-12-21(13-5-17)28-24-23(19-8-10-20(27)11-9-19)25(30)29(26(24)31)16-18-6-14-22(32-2)15-7-18/h4-15,28H,3,16H2,1-2H3. The van der Waals surface area contributed by atoms with Gasteiger partial charge < -0.3 is 10.1 Å². The zero-order chi connectivity index (χ0) is 22.7. The summed E-state index contributed by atoms with van der Waals surface area (Å²) in [6.45, 7) is 2.18. The predicted molar refractivity (Wildman–Crippen MR) is 121 cm³/mol. The summed E-state index contributed by atoms with van der Waals surface area (Å²) in [5.74, 6) is -0.573. The molecule has 0 unspecified atom stereocenters. The zero-order valence-electron chi connectivity index (χ0n) is 17.9. The lowest BCUT2D eigenvalue weighted by atomic mass is 10.0. The second-order valence-corrected chi connectivity index (χ2v) is 7.48. The van der Waals surface area contributed by atoms with Crippen molar-refractivity contribution in [2.24, 2.45) is 0 Å². The van der Waals surface area contributed by atoms with Gasteiger partial charge >= 0.3 is 0 Å². The van der Waals surface area contributed by atoms with E-state index in [1.54, 1.807) is 19.2 Å². The van der Waals surface area contributed by atoms with E-state index in [0.717, 1.165) is 12.0 Å². The van der Waals surface area contributed by atoms with Gasteiger partial charge in [-0.05, 0) is 59.5 Å². The minimum absolute atomic E-state index is 0.117. The molecule has 0 aromatic heterocycles. The summed E-state index contributed by atoms with van der Waals surface area (Å²) in [5.41, 5.74) is 3.54. The number of halogens is 1. The molecule has 1 aliphatic heterocycles. The summed E-state index contributed by atoms with van der Waals surface area (Å²) in [7, 11) is 1.58. The topological polar surface area (TPSA) is 58.6 Å². The maximum Gasteiger partial charge on any atom is 0.278 e. The fraction of sp³-hybridized carbons (Fsp3) is 0.154. The molecule has 1 heterocycles. The van der Waals surface area contributed by atoms with E-state index in [4.69, 9.17) is 4.74 Å². The van der Waals surface area contributed by atoms with Crippen molar-refractivity contribution >= 4 is 23.1 Å². The van der Waals surface area contributed by atoms with Gasteiger partial charge in [-0.25, -0.2) is 4.39 Å². The van der Waals surface area contributed by atoms with E-state index in [0.29, 0.717) is 17.0 Å². The molecular weight excluding hydrogens is 407 g/mol. The molecule has 3 aromatic rings. The Morgan fingerprint density at radius 1 is 0.844 bits per heavy atom. The van der Waals surface area contributed by atoms with E-state index in [1.807, 2.05) is 36.4 Å². The molecule has 1 aliphatic rings. The van der Waals surface area contributed by atoms with Gasteiger partial charge in [0.05, 0.1) is 19.2 Å². The first kappa shape index (κ1) is 21.3. The average Bonchev–Trinajstić information content (AvgIpc) is 3.05. The summed E-state index contributed by atoms with van der Waals surface area (Å²) in [4.78, 5) is 27.8. The predicted octanol–water partition coefficient (Wildman–Crippen LogP) is 4.79. The molecule has 0 atom stereocenters. The molecule has 1 N–H and O–H groups in total. The number of ether oxygens (including phenoxy) is 1. The Bertz CT molecular complexity index is 1170. The molecule has 162 valence electrons. The number of methoxy groups -OCH3 is 1. The Morgan fingerprint density at radius 3 is 2.06 bits per heavy atom. The Morgan fingerprint density at radius 2 is 1.47 bits per heavy atom. The van der Waals surface area contributed by atoms with Crippen molar-refractivity contribution in [1.82, 2.24) is 4.90 Å². The van der Waals surface area contributed by atoms with Crippen molar-refractivity contribution in [2.75, 3.05) is 12.4 Å². The Kier molecular flexibility index (Phi) is 6.03. The minimum Gasteiger partial charge on any atom is -0.497 e. The lowest BCUT2D eigenvalue weighted by Gasteiger charge is -2.16. The van der Waals surface area contributed by atoms with Gasteiger partial charge in [-0.15, -0.1) is 0 Å². The molecular formula is C26H23FN2O3. The highest BCUT2D eigenvalue weighted by atomic mass is 19.1. The van der Waals surface area contributed by atoms with Crippen LogP contribution < -0.4 is 10.1 Å². The van der Waals surface area contributed by atoms with Gasteiger partial charge in [-0.3, -0.25) is 14.5 Å². The number of nitrogens with zero attached hydrogens (tertiary/aromatic N) is 1. The van der Waals surface area contributed by atoms with E-state index in [2.05, 4.69) is 12.2 Å². The van der Waals surface area contributed by atoms with Crippen LogP contribution in [0.5, 0.6) is 5.75 Å². The van der Waals surface area contributed by atoms with Crippen molar-refractivity contribution < 1.29 is 18.7 Å². The van der Waals surface area contributed by atoms with Gasteiger partial charge in [0.25, 0.3) is 11.8 Å². The molecule has 0 aliphatic carbocycles. The monoisotopic (exact) mass is 430 g/mol. The van der Waals surface area contributed by atoms with Gasteiger partial charge in [0.2, 0.25) is 0 Å². The number of hydrogen-bond acceptors (Lipinski definition) is 4. The van der Waals surface area contributed by atoms with Crippen LogP contribution in [-0.2, 0) is 22.6 Å². The van der Waals surface area contributed by atoms with Crippen molar-refractivity contribution in [3.05, 3.63) is 101 Å². The van der Waals surface area contributed by atoms with Gasteiger partial charge in [0, 0.05) is 5.69 Å². The Hall–Kier alpha value is -3.93. The first-order chi connectivity index (χ1) is 15.5. The number of amides is 2. The lowest BCUT2D eigenvalue weighted by molar-refractivity contribution is -0.137. The fourth-order valence-corrected chi connectivity index (χ4v) is 3.60.